The molecule has 0 aromatic carbocycles. The quantitative estimate of drug-likeness (QED) is 0.785. The number of ether oxygens (including phenoxy) is 1. The second-order valence-electron chi connectivity index (χ2n) is 4.85. The molecule has 20 heavy (non-hydrogen) atoms. The van der Waals surface area contributed by atoms with Crippen molar-refractivity contribution in [3.05, 3.63) is 5.82 Å². The molecule has 0 radical (unpaired) electrons. The molecule has 1 aromatic heterocycles. The standard InChI is InChI=1S/C12H21N5O2S/c1-9(2)17-10(7-13)14-15-12(17)20-8-11(18)16-3-5-19-6-4-16/h9H,3-8,13H2,1-2H3. The number of carbonyl (C=O) groups excluding carboxylic acids is 1. The Morgan fingerprint density at radius 2 is 2.10 bits per heavy atom. The van der Waals surface area contributed by atoms with Crippen LogP contribution in [0.1, 0.15) is 25.7 Å². The van der Waals surface area contributed by atoms with E-state index in [0.29, 0.717) is 38.6 Å². The highest BCUT2D eigenvalue weighted by Crippen LogP contribution is 2.21. The zero-order valence-electron chi connectivity index (χ0n) is 11.9. The van der Waals surface area contributed by atoms with Gasteiger partial charge in [-0.05, 0) is 13.8 Å². The van der Waals surface area contributed by atoms with Crippen LogP contribution in [0, 0.1) is 0 Å². The van der Waals surface area contributed by atoms with E-state index in [9.17, 15) is 4.79 Å². The molecule has 1 aliphatic rings. The lowest BCUT2D eigenvalue weighted by Gasteiger charge is -2.26. The van der Waals surface area contributed by atoms with Gasteiger partial charge in [-0.1, -0.05) is 11.8 Å². The molecule has 0 aliphatic carbocycles. The van der Waals surface area contributed by atoms with Gasteiger partial charge >= 0.3 is 0 Å². The van der Waals surface area contributed by atoms with Crippen molar-refractivity contribution in [1.29, 1.82) is 0 Å². The van der Waals surface area contributed by atoms with Gasteiger partial charge in [-0.2, -0.15) is 0 Å². The maximum atomic E-state index is 12.1. The molecule has 1 aromatic rings. The van der Waals surface area contributed by atoms with E-state index < -0.39 is 0 Å². The van der Waals surface area contributed by atoms with Gasteiger partial charge in [-0.25, -0.2) is 0 Å². The average molecular weight is 299 g/mol. The van der Waals surface area contributed by atoms with Crippen LogP contribution in [-0.2, 0) is 16.1 Å². The molecule has 1 saturated heterocycles. The first-order valence-electron chi connectivity index (χ1n) is 6.75. The van der Waals surface area contributed by atoms with Crippen LogP contribution in [0.15, 0.2) is 5.16 Å². The first-order valence-corrected chi connectivity index (χ1v) is 7.74. The Hall–Kier alpha value is -1.12. The van der Waals surface area contributed by atoms with Gasteiger partial charge in [-0.3, -0.25) is 4.79 Å². The highest BCUT2D eigenvalue weighted by Gasteiger charge is 2.19. The summed E-state index contributed by atoms with van der Waals surface area (Å²) in [7, 11) is 0. The first-order chi connectivity index (χ1) is 9.63. The van der Waals surface area contributed by atoms with E-state index in [1.807, 2.05) is 9.47 Å². The minimum atomic E-state index is 0.117. The number of morpholine rings is 1. The minimum absolute atomic E-state index is 0.117. The highest BCUT2D eigenvalue weighted by molar-refractivity contribution is 7.99. The average Bonchev–Trinajstić information content (AvgIpc) is 2.88. The van der Waals surface area contributed by atoms with Crippen molar-refractivity contribution in [2.45, 2.75) is 31.6 Å². The lowest BCUT2D eigenvalue weighted by molar-refractivity contribution is -0.132. The third-order valence-corrected chi connectivity index (χ3v) is 4.05. The first kappa shape index (κ1) is 15.3. The summed E-state index contributed by atoms with van der Waals surface area (Å²) in [6, 6.07) is 0.226. The molecular formula is C12H21N5O2S. The predicted octanol–water partition coefficient (Wildman–Crippen LogP) is 0.269. The highest BCUT2D eigenvalue weighted by atomic mass is 32.2. The van der Waals surface area contributed by atoms with Crippen LogP contribution in [0.2, 0.25) is 0 Å². The van der Waals surface area contributed by atoms with E-state index in [2.05, 4.69) is 24.0 Å². The maximum Gasteiger partial charge on any atom is 0.233 e. The largest absolute Gasteiger partial charge is 0.378 e. The second-order valence-corrected chi connectivity index (χ2v) is 5.79. The molecular weight excluding hydrogens is 278 g/mol. The van der Waals surface area contributed by atoms with Gasteiger partial charge in [0.2, 0.25) is 5.91 Å². The molecule has 8 heteroatoms. The summed E-state index contributed by atoms with van der Waals surface area (Å²) < 4.78 is 7.22. The number of nitrogens with two attached hydrogens (primary N) is 1. The van der Waals surface area contributed by atoms with Gasteiger partial charge in [0.1, 0.15) is 5.82 Å². The maximum absolute atomic E-state index is 12.1. The van der Waals surface area contributed by atoms with E-state index >= 15 is 0 Å². The Morgan fingerprint density at radius 1 is 1.40 bits per heavy atom. The summed E-state index contributed by atoms with van der Waals surface area (Å²) in [6.45, 7) is 7.04. The van der Waals surface area contributed by atoms with Gasteiger partial charge in [0.05, 0.1) is 25.5 Å². The molecule has 2 rings (SSSR count). The molecule has 1 aliphatic heterocycles. The van der Waals surface area contributed by atoms with Crippen LogP contribution in [0.3, 0.4) is 0 Å². The van der Waals surface area contributed by atoms with Gasteiger partial charge in [-0.15, -0.1) is 10.2 Å². The molecule has 1 amide bonds. The number of carbonyl (C=O) groups is 1. The Kier molecular flexibility index (Phi) is 5.38. The molecule has 0 spiro atoms. The summed E-state index contributed by atoms with van der Waals surface area (Å²) in [5.74, 6) is 1.24. The zero-order valence-corrected chi connectivity index (χ0v) is 12.7. The number of thioether (sulfide) groups is 1. The summed E-state index contributed by atoms with van der Waals surface area (Å²) in [4.78, 5) is 13.9. The van der Waals surface area contributed by atoms with E-state index in [1.165, 1.54) is 11.8 Å². The summed E-state index contributed by atoms with van der Waals surface area (Å²) in [6.07, 6.45) is 0. The van der Waals surface area contributed by atoms with Gasteiger partial charge in [0.25, 0.3) is 0 Å². The van der Waals surface area contributed by atoms with Gasteiger partial charge < -0.3 is 19.9 Å². The van der Waals surface area contributed by atoms with Crippen LogP contribution in [0.25, 0.3) is 0 Å². The Labute approximate surface area is 122 Å². The number of nitrogens with zero attached hydrogens (tertiary/aromatic N) is 4. The molecule has 1 fully saturated rings. The van der Waals surface area contributed by atoms with Crippen LogP contribution in [0.5, 0.6) is 0 Å². The fourth-order valence-corrected chi connectivity index (χ4v) is 3.08. The molecule has 0 unspecified atom stereocenters. The Balaban J connectivity index is 1.96. The Morgan fingerprint density at radius 3 is 2.70 bits per heavy atom. The predicted molar refractivity (Wildman–Crippen MR) is 76.4 cm³/mol. The van der Waals surface area contributed by atoms with E-state index in [-0.39, 0.29) is 11.9 Å². The van der Waals surface area contributed by atoms with Crippen molar-refractivity contribution in [3.63, 3.8) is 0 Å². The molecule has 0 saturated carbocycles. The lowest BCUT2D eigenvalue weighted by atomic mass is 10.4. The SMILES string of the molecule is CC(C)n1c(CN)nnc1SCC(=O)N1CCOCC1. The molecule has 0 bridgehead atoms. The van der Waals surface area contributed by atoms with Crippen molar-refractivity contribution in [1.82, 2.24) is 19.7 Å². The van der Waals surface area contributed by atoms with Gasteiger partial charge in [0, 0.05) is 19.1 Å². The molecule has 2 N–H and O–H groups in total. The number of hydrogen-bond donors (Lipinski definition) is 1. The number of aromatic nitrogens is 3. The minimum Gasteiger partial charge on any atom is -0.378 e. The van der Waals surface area contributed by atoms with Gasteiger partial charge in [0.15, 0.2) is 5.16 Å². The molecule has 112 valence electrons. The van der Waals surface area contributed by atoms with Crippen LogP contribution in [0.4, 0.5) is 0 Å². The van der Waals surface area contributed by atoms with Crippen molar-refractivity contribution < 1.29 is 9.53 Å². The van der Waals surface area contributed by atoms with Crippen LogP contribution >= 0.6 is 11.8 Å². The van der Waals surface area contributed by atoms with Crippen LogP contribution in [-0.4, -0.2) is 57.6 Å². The zero-order chi connectivity index (χ0) is 14.5. The van der Waals surface area contributed by atoms with Crippen molar-refractivity contribution in [2.75, 3.05) is 32.1 Å². The smallest absolute Gasteiger partial charge is 0.233 e. The topological polar surface area (TPSA) is 86.3 Å². The number of amides is 1. The monoisotopic (exact) mass is 299 g/mol. The fourth-order valence-electron chi connectivity index (χ4n) is 2.09. The van der Waals surface area contributed by atoms with E-state index in [1.54, 1.807) is 0 Å². The van der Waals surface area contributed by atoms with Crippen molar-refractivity contribution >= 4 is 17.7 Å². The fraction of sp³-hybridized carbons (Fsp3) is 0.750. The summed E-state index contributed by atoms with van der Waals surface area (Å²) in [5.41, 5.74) is 5.65. The number of rotatable bonds is 5. The lowest BCUT2D eigenvalue weighted by Crippen LogP contribution is -2.41. The van der Waals surface area contributed by atoms with Crippen LogP contribution < -0.4 is 5.73 Å². The third-order valence-electron chi connectivity index (χ3n) is 3.12. The number of hydrogen-bond acceptors (Lipinski definition) is 6. The second kappa shape index (κ2) is 7.05. The normalized spacial score (nSPS) is 15.9. The van der Waals surface area contributed by atoms with E-state index in [4.69, 9.17) is 10.5 Å². The molecule has 7 nitrogen and oxygen atoms in total. The molecule has 2 heterocycles. The Bertz CT molecular complexity index is 457. The summed E-state index contributed by atoms with van der Waals surface area (Å²) in [5, 5.41) is 8.95. The van der Waals surface area contributed by atoms with E-state index in [0.717, 1.165) is 11.0 Å². The van der Waals surface area contributed by atoms with Crippen molar-refractivity contribution in [3.8, 4) is 0 Å². The third kappa shape index (κ3) is 3.50. The summed E-state index contributed by atoms with van der Waals surface area (Å²) >= 11 is 1.42. The van der Waals surface area contributed by atoms with Crippen molar-refractivity contribution in [2.24, 2.45) is 5.73 Å². The molecule has 0 atom stereocenters.